The van der Waals surface area contributed by atoms with E-state index in [9.17, 15) is 4.79 Å². The molecule has 3 aromatic rings. The molecule has 0 aliphatic heterocycles. The van der Waals surface area contributed by atoms with Crippen molar-refractivity contribution in [3.05, 3.63) is 105 Å². The summed E-state index contributed by atoms with van der Waals surface area (Å²) in [5.41, 5.74) is 9.09. The average Bonchev–Trinajstić information content (AvgIpc) is 2.61. The van der Waals surface area contributed by atoms with E-state index < -0.39 is 0 Å². The van der Waals surface area contributed by atoms with E-state index in [1.807, 2.05) is 37.3 Å². The predicted molar refractivity (Wildman–Crippen MR) is 105 cm³/mol. The molecule has 0 aliphatic carbocycles. The zero-order chi connectivity index (χ0) is 18.0. The zero-order valence-corrected chi connectivity index (χ0v) is 15.4. The number of ketones is 1. The van der Waals surface area contributed by atoms with Gasteiger partial charge in [0.1, 0.15) is 0 Å². The van der Waals surface area contributed by atoms with Gasteiger partial charge in [0.15, 0.2) is 5.78 Å². The van der Waals surface area contributed by atoms with Crippen LogP contribution in [0, 0.1) is 27.7 Å². The molecule has 0 atom stereocenters. The Balaban J connectivity index is 1.81. The molecule has 3 aromatic carbocycles. The van der Waals surface area contributed by atoms with Gasteiger partial charge in [0.2, 0.25) is 0 Å². The Morgan fingerprint density at radius 3 is 2.08 bits per heavy atom. The third-order valence-corrected chi connectivity index (χ3v) is 5.10. The molecule has 0 saturated carbocycles. The second kappa shape index (κ2) is 7.06. The predicted octanol–water partition coefficient (Wildman–Crippen LogP) is 5.74. The molecule has 0 radical (unpaired) electrons. The van der Waals surface area contributed by atoms with E-state index in [1.165, 1.54) is 27.8 Å². The minimum absolute atomic E-state index is 0.0846. The summed E-state index contributed by atoms with van der Waals surface area (Å²) >= 11 is 0. The maximum Gasteiger partial charge on any atom is 0.193 e. The first-order chi connectivity index (χ1) is 12.0. The second-order valence-corrected chi connectivity index (χ2v) is 6.86. The van der Waals surface area contributed by atoms with Crippen molar-refractivity contribution in [2.45, 2.75) is 34.1 Å². The molecule has 0 amide bonds. The molecule has 126 valence electrons. The molecule has 0 aromatic heterocycles. The lowest BCUT2D eigenvalue weighted by Crippen LogP contribution is -2.02. The van der Waals surface area contributed by atoms with Gasteiger partial charge >= 0.3 is 0 Å². The van der Waals surface area contributed by atoms with Crippen molar-refractivity contribution in [2.24, 2.45) is 0 Å². The van der Waals surface area contributed by atoms with Gasteiger partial charge in [0.25, 0.3) is 0 Å². The molecular weight excluding hydrogens is 304 g/mol. The standard InChI is InChI=1S/C24H24O/c1-16-8-11-23(14-18(16)3)24(25)21-12-9-20(10-13-21)15-22-7-5-6-17(2)19(22)4/h5-14H,15H2,1-4H3. The third-order valence-electron chi connectivity index (χ3n) is 5.10. The molecule has 0 fully saturated rings. The fourth-order valence-electron chi connectivity index (χ4n) is 3.05. The SMILES string of the molecule is Cc1ccc(C(=O)c2ccc(Cc3cccc(C)c3C)cc2)cc1C. The molecule has 25 heavy (non-hydrogen) atoms. The van der Waals surface area contributed by atoms with Gasteiger partial charge < -0.3 is 0 Å². The molecule has 0 spiro atoms. The van der Waals surface area contributed by atoms with Crippen molar-refractivity contribution < 1.29 is 4.79 Å². The Kier molecular flexibility index (Phi) is 4.85. The van der Waals surface area contributed by atoms with E-state index in [0.717, 1.165) is 23.1 Å². The quantitative estimate of drug-likeness (QED) is 0.558. The number of aryl methyl sites for hydroxylation is 3. The second-order valence-electron chi connectivity index (χ2n) is 6.86. The Morgan fingerprint density at radius 1 is 0.720 bits per heavy atom. The van der Waals surface area contributed by atoms with Crippen molar-refractivity contribution in [2.75, 3.05) is 0 Å². The van der Waals surface area contributed by atoms with Crippen molar-refractivity contribution in [3.63, 3.8) is 0 Å². The summed E-state index contributed by atoms with van der Waals surface area (Å²) in [6.07, 6.45) is 0.894. The molecule has 0 N–H and O–H groups in total. The van der Waals surface area contributed by atoms with Crippen LogP contribution in [-0.2, 0) is 6.42 Å². The lowest BCUT2D eigenvalue weighted by molar-refractivity contribution is 0.103. The average molecular weight is 328 g/mol. The summed E-state index contributed by atoms with van der Waals surface area (Å²) in [5, 5.41) is 0. The van der Waals surface area contributed by atoms with E-state index in [-0.39, 0.29) is 5.78 Å². The van der Waals surface area contributed by atoms with E-state index in [1.54, 1.807) is 0 Å². The maximum atomic E-state index is 12.7. The first-order valence-electron chi connectivity index (χ1n) is 8.71. The molecule has 0 bridgehead atoms. The van der Waals surface area contributed by atoms with Crippen LogP contribution in [0.5, 0.6) is 0 Å². The Hall–Kier alpha value is -2.67. The number of carbonyl (C=O) groups excluding carboxylic acids is 1. The van der Waals surface area contributed by atoms with Crippen LogP contribution in [-0.4, -0.2) is 5.78 Å². The molecule has 1 nitrogen and oxygen atoms in total. The van der Waals surface area contributed by atoms with Gasteiger partial charge in [-0.3, -0.25) is 4.79 Å². The molecule has 3 rings (SSSR count). The lowest BCUT2D eigenvalue weighted by atomic mass is 9.95. The van der Waals surface area contributed by atoms with Gasteiger partial charge in [-0.05, 0) is 73.6 Å². The summed E-state index contributed by atoms with van der Waals surface area (Å²) in [6.45, 7) is 8.41. The van der Waals surface area contributed by atoms with Crippen LogP contribution >= 0.6 is 0 Å². The normalized spacial score (nSPS) is 10.7. The topological polar surface area (TPSA) is 17.1 Å². The zero-order valence-electron chi connectivity index (χ0n) is 15.4. The van der Waals surface area contributed by atoms with Crippen LogP contribution in [0.15, 0.2) is 60.7 Å². The smallest absolute Gasteiger partial charge is 0.193 e. The number of hydrogen-bond acceptors (Lipinski definition) is 1. The van der Waals surface area contributed by atoms with Gasteiger partial charge in [-0.1, -0.05) is 54.6 Å². The van der Waals surface area contributed by atoms with Gasteiger partial charge in [-0.2, -0.15) is 0 Å². The Bertz CT molecular complexity index is 917. The van der Waals surface area contributed by atoms with Crippen molar-refractivity contribution in [3.8, 4) is 0 Å². The fourth-order valence-corrected chi connectivity index (χ4v) is 3.05. The number of carbonyl (C=O) groups is 1. The highest BCUT2D eigenvalue weighted by Gasteiger charge is 2.10. The first-order valence-corrected chi connectivity index (χ1v) is 8.71. The molecular formula is C24H24O. The lowest BCUT2D eigenvalue weighted by Gasteiger charge is -2.09. The van der Waals surface area contributed by atoms with Crippen LogP contribution in [0.1, 0.15) is 49.3 Å². The van der Waals surface area contributed by atoms with Crippen molar-refractivity contribution in [1.82, 2.24) is 0 Å². The van der Waals surface area contributed by atoms with Crippen LogP contribution in [0.4, 0.5) is 0 Å². The monoisotopic (exact) mass is 328 g/mol. The Morgan fingerprint density at radius 2 is 1.40 bits per heavy atom. The summed E-state index contributed by atoms with van der Waals surface area (Å²) in [7, 11) is 0. The van der Waals surface area contributed by atoms with Gasteiger partial charge in [0.05, 0.1) is 0 Å². The largest absolute Gasteiger partial charge is 0.289 e. The van der Waals surface area contributed by atoms with Crippen molar-refractivity contribution >= 4 is 5.78 Å². The summed E-state index contributed by atoms with van der Waals surface area (Å²) < 4.78 is 0. The molecule has 1 heteroatoms. The van der Waals surface area contributed by atoms with Crippen LogP contribution < -0.4 is 0 Å². The number of benzene rings is 3. The minimum atomic E-state index is 0.0846. The summed E-state index contributed by atoms with van der Waals surface area (Å²) in [5.74, 6) is 0.0846. The molecule has 0 heterocycles. The van der Waals surface area contributed by atoms with Crippen LogP contribution in [0.3, 0.4) is 0 Å². The van der Waals surface area contributed by atoms with E-state index in [2.05, 4.69) is 51.1 Å². The van der Waals surface area contributed by atoms with E-state index in [4.69, 9.17) is 0 Å². The third kappa shape index (κ3) is 3.71. The highest BCUT2D eigenvalue weighted by molar-refractivity contribution is 6.09. The summed E-state index contributed by atoms with van der Waals surface area (Å²) in [6, 6.07) is 20.3. The van der Waals surface area contributed by atoms with E-state index in [0.29, 0.717) is 0 Å². The number of rotatable bonds is 4. The van der Waals surface area contributed by atoms with Gasteiger partial charge in [-0.15, -0.1) is 0 Å². The molecule has 0 saturated heterocycles. The Labute approximate surface area is 150 Å². The molecule has 0 aliphatic rings. The highest BCUT2D eigenvalue weighted by atomic mass is 16.1. The van der Waals surface area contributed by atoms with Crippen LogP contribution in [0.2, 0.25) is 0 Å². The van der Waals surface area contributed by atoms with E-state index >= 15 is 0 Å². The first kappa shape index (κ1) is 17.2. The fraction of sp³-hybridized carbons (Fsp3) is 0.208. The maximum absolute atomic E-state index is 12.7. The minimum Gasteiger partial charge on any atom is -0.289 e. The van der Waals surface area contributed by atoms with Crippen molar-refractivity contribution in [1.29, 1.82) is 0 Å². The van der Waals surface area contributed by atoms with Crippen LogP contribution in [0.25, 0.3) is 0 Å². The number of hydrogen-bond donors (Lipinski definition) is 0. The summed E-state index contributed by atoms with van der Waals surface area (Å²) in [4.78, 5) is 12.7. The molecule has 0 unspecified atom stereocenters. The highest BCUT2D eigenvalue weighted by Crippen LogP contribution is 2.19. The van der Waals surface area contributed by atoms with Gasteiger partial charge in [0, 0.05) is 11.1 Å². The van der Waals surface area contributed by atoms with Gasteiger partial charge in [-0.25, -0.2) is 0 Å².